The summed E-state index contributed by atoms with van der Waals surface area (Å²) in [6.07, 6.45) is 5.16. The fourth-order valence-corrected chi connectivity index (χ4v) is 3.19. The Labute approximate surface area is 154 Å². The summed E-state index contributed by atoms with van der Waals surface area (Å²) in [6.45, 7) is 2.17. The van der Waals surface area contributed by atoms with Gasteiger partial charge in [-0.3, -0.25) is 4.98 Å². The van der Waals surface area contributed by atoms with Crippen LogP contribution in [0.4, 0.5) is 10.5 Å². The predicted octanol–water partition coefficient (Wildman–Crippen LogP) is 3.27. The molecule has 1 aromatic carbocycles. The molecule has 6 nitrogen and oxygen atoms in total. The zero-order valence-electron chi connectivity index (χ0n) is 15.1. The molecule has 3 rings (SSSR count). The molecule has 1 aliphatic rings. The van der Waals surface area contributed by atoms with Gasteiger partial charge in [-0.1, -0.05) is 18.2 Å². The molecule has 2 N–H and O–H groups in total. The number of benzene rings is 1. The zero-order chi connectivity index (χ0) is 18.2. The summed E-state index contributed by atoms with van der Waals surface area (Å²) >= 11 is 0. The number of pyridine rings is 1. The molecule has 1 fully saturated rings. The van der Waals surface area contributed by atoms with E-state index in [2.05, 4.69) is 27.6 Å². The first kappa shape index (κ1) is 18.2. The van der Waals surface area contributed by atoms with Crippen molar-refractivity contribution in [3.63, 3.8) is 0 Å². The van der Waals surface area contributed by atoms with Crippen molar-refractivity contribution in [3.05, 3.63) is 54.4 Å². The number of para-hydroxylation sites is 2. The molecule has 6 heteroatoms. The lowest BCUT2D eigenvalue weighted by Crippen LogP contribution is -2.34. The van der Waals surface area contributed by atoms with Crippen LogP contribution in [0, 0.1) is 0 Å². The Morgan fingerprint density at radius 2 is 2.12 bits per heavy atom. The maximum absolute atomic E-state index is 12.2. The number of urea groups is 1. The number of hydrogen-bond acceptors (Lipinski definition) is 4. The number of rotatable bonds is 7. The van der Waals surface area contributed by atoms with Crippen molar-refractivity contribution in [2.45, 2.75) is 31.9 Å². The smallest absolute Gasteiger partial charge is 0.319 e. The number of aromatic nitrogens is 1. The lowest BCUT2D eigenvalue weighted by Gasteiger charge is -2.19. The molecule has 1 aromatic heterocycles. The van der Waals surface area contributed by atoms with E-state index in [0.29, 0.717) is 30.6 Å². The third-order valence-electron chi connectivity index (χ3n) is 4.67. The van der Waals surface area contributed by atoms with E-state index in [9.17, 15) is 4.79 Å². The molecule has 0 unspecified atom stereocenters. The summed E-state index contributed by atoms with van der Waals surface area (Å²) in [7, 11) is 2.15. The van der Waals surface area contributed by atoms with Crippen LogP contribution in [0.5, 0.6) is 5.75 Å². The van der Waals surface area contributed by atoms with Gasteiger partial charge in [0.2, 0.25) is 0 Å². The molecule has 26 heavy (non-hydrogen) atoms. The second-order valence-corrected chi connectivity index (χ2v) is 6.55. The number of anilines is 1. The summed E-state index contributed by atoms with van der Waals surface area (Å²) in [5, 5.41) is 5.81. The second kappa shape index (κ2) is 9.20. The summed E-state index contributed by atoms with van der Waals surface area (Å²) in [5.74, 6) is 0.629. The van der Waals surface area contributed by atoms with Gasteiger partial charge in [-0.2, -0.15) is 0 Å². The van der Waals surface area contributed by atoms with Gasteiger partial charge in [-0.05, 0) is 57.1 Å². The van der Waals surface area contributed by atoms with Crippen LogP contribution >= 0.6 is 0 Å². The molecule has 2 amide bonds. The predicted molar refractivity (Wildman–Crippen MR) is 102 cm³/mol. The van der Waals surface area contributed by atoms with Crippen molar-refractivity contribution < 1.29 is 9.53 Å². The Balaban J connectivity index is 1.48. The molecule has 0 radical (unpaired) electrons. The van der Waals surface area contributed by atoms with Crippen molar-refractivity contribution >= 4 is 11.7 Å². The average Bonchev–Trinajstić information content (AvgIpc) is 3.07. The minimum Gasteiger partial charge on any atom is -0.485 e. The van der Waals surface area contributed by atoms with Crippen LogP contribution in [0.3, 0.4) is 0 Å². The summed E-state index contributed by atoms with van der Waals surface area (Å²) in [6, 6.07) is 13.5. The first-order valence-corrected chi connectivity index (χ1v) is 9.09. The van der Waals surface area contributed by atoms with Gasteiger partial charge in [-0.15, -0.1) is 0 Å². The van der Waals surface area contributed by atoms with Crippen molar-refractivity contribution in [1.29, 1.82) is 0 Å². The Hall–Kier alpha value is -2.60. The van der Waals surface area contributed by atoms with Crippen LogP contribution in [0.2, 0.25) is 0 Å². The number of nitrogens with zero attached hydrogens (tertiary/aromatic N) is 2. The Morgan fingerprint density at radius 1 is 1.27 bits per heavy atom. The normalized spacial score (nSPS) is 17.0. The van der Waals surface area contributed by atoms with E-state index in [4.69, 9.17) is 4.74 Å². The number of ether oxygens (including phenoxy) is 1. The van der Waals surface area contributed by atoms with Crippen LogP contribution in [0.1, 0.15) is 25.0 Å². The molecule has 0 spiro atoms. The highest BCUT2D eigenvalue weighted by Crippen LogP contribution is 2.24. The van der Waals surface area contributed by atoms with Gasteiger partial charge in [0.1, 0.15) is 12.4 Å². The van der Waals surface area contributed by atoms with E-state index in [1.807, 2.05) is 42.5 Å². The second-order valence-electron chi connectivity index (χ2n) is 6.55. The molecule has 138 valence electrons. The highest BCUT2D eigenvalue weighted by molar-refractivity contribution is 5.90. The van der Waals surface area contributed by atoms with Gasteiger partial charge in [0.15, 0.2) is 0 Å². The highest BCUT2D eigenvalue weighted by Gasteiger charge is 2.20. The van der Waals surface area contributed by atoms with Crippen LogP contribution in [-0.2, 0) is 6.61 Å². The monoisotopic (exact) mass is 354 g/mol. The maximum Gasteiger partial charge on any atom is 0.319 e. The third kappa shape index (κ3) is 5.20. The van der Waals surface area contributed by atoms with E-state index in [0.717, 1.165) is 18.7 Å². The first-order chi connectivity index (χ1) is 12.7. The van der Waals surface area contributed by atoms with Crippen LogP contribution in [0.25, 0.3) is 0 Å². The molecule has 2 aromatic rings. The summed E-state index contributed by atoms with van der Waals surface area (Å²) < 4.78 is 5.81. The van der Waals surface area contributed by atoms with E-state index >= 15 is 0 Å². The molecule has 2 heterocycles. The lowest BCUT2D eigenvalue weighted by molar-refractivity contribution is 0.248. The van der Waals surface area contributed by atoms with Crippen molar-refractivity contribution in [2.75, 3.05) is 25.5 Å². The molecule has 1 saturated heterocycles. The van der Waals surface area contributed by atoms with Gasteiger partial charge in [0.05, 0.1) is 11.4 Å². The summed E-state index contributed by atoms with van der Waals surface area (Å²) in [5.41, 5.74) is 1.49. The van der Waals surface area contributed by atoms with Crippen LogP contribution < -0.4 is 15.4 Å². The van der Waals surface area contributed by atoms with Crippen LogP contribution in [0.15, 0.2) is 48.7 Å². The largest absolute Gasteiger partial charge is 0.485 e. The molecule has 0 aliphatic carbocycles. The minimum absolute atomic E-state index is 0.209. The third-order valence-corrected chi connectivity index (χ3v) is 4.67. The number of nitrogens with one attached hydrogen (secondary N) is 2. The number of amides is 2. The van der Waals surface area contributed by atoms with E-state index in [1.54, 1.807) is 6.20 Å². The number of carbonyl (C=O) groups excluding carboxylic acids is 1. The molecular weight excluding hydrogens is 328 g/mol. The average molecular weight is 354 g/mol. The first-order valence-electron chi connectivity index (χ1n) is 9.09. The molecule has 1 atom stereocenters. The maximum atomic E-state index is 12.2. The molecular formula is C20H26N4O2. The van der Waals surface area contributed by atoms with E-state index in [-0.39, 0.29) is 6.03 Å². The number of hydrogen-bond donors (Lipinski definition) is 2. The Bertz CT molecular complexity index is 708. The number of carbonyl (C=O) groups is 1. The van der Waals surface area contributed by atoms with Gasteiger partial charge in [0.25, 0.3) is 0 Å². The molecule has 0 saturated carbocycles. The SMILES string of the molecule is CN1CCC[C@H]1CCNC(=O)Nc1ccccc1OCc1ccccn1. The van der Waals surface area contributed by atoms with Crippen molar-refractivity contribution in [3.8, 4) is 5.75 Å². The highest BCUT2D eigenvalue weighted by atomic mass is 16.5. The topological polar surface area (TPSA) is 66.5 Å². The van der Waals surface area contributed by atoms with Crippen molar-refractivity contribution in [2.24, 2.45) is 0 Å². The Kier molecular flexibility index (Phi) is 6.44. The lowest BCUT2D eigenvalue weighted by atomic mass is 10.1. The van der Waals surface area contributed by atoms with E-state index in [1.165, 1.54) is 12.8 Å². The zero-order valence-corrected chi connectivity index (χ0v) is 15.1. The quantitative estimate of drug-likeness (QED) is 0.801. The molecule has 0 bridgehead atoms. The van der Waals surface area contributed by atoms with E-state index < -0.39 is 0 Å². The van der Waals surface area contributed by atoms with Gasteiger partial charge < -0.3 is 20.3 Å². The van der Waals surface area contributed by atoms with Gasteiger partial charge in [0, 0.05) is 18.8 Å². The van der Waals surface area contributed by atoms with Crippen LogP contribution in [-0.4, -0.2) is 42.1 Å². The van der Waals surface area contributed by atoms with Gasteiger partial charge >= 0.3 is 6.03 Å². The van der Waals surface area contributed by atoms with Gasteiger partial charge in [-0.25, -0.2) is 4.79 Å². The molecule has 1 aliphatic heterocycles. The van der Waals surface area contributed by atoms with Crippen molar-refractivity contribution in [1.82, 2.24) is 15.2 Å². The standard InChI is InChI=1S/C20H26N4O2/c1-24-14-6-8-17(24)11-13-22-20(25)23-18-9-2-3-10-19(18)26-15-16-7-4-5-12-21-16/h2-5,7,9-10,12,17H,6,8,11,13-15H2,1H3,(H2,22,23,25)/t17-/m0/s1. The fraction of sp³-hybridized carbons (Fsp3) is 0.400. The fourth-order valence-electron chi connectivity index (χ4n) is 3.19. The number of likely N-dealkylation sites (tertiary alicyclic amines) is 1. The summed E-state index contributed by atoms with van der Waals surface area (Å²) in [4.78, 5) is 18.8. The Morgan fingerprint density at radius 3 is 2.88 bits per heavy atom. The minimum atomic E-state index is -0.209.